The van der Waals surface area contributed by atoms with Crippen molar-refractivity contribution in [3.8, 4) is 5.75 Å². The van der Waals surface area contributed by atoms with E-state index in [0.717, 1.165) is 37.2 Å². The number of benzene rings is 1. The summed E-state index contributed by atoms with van der Waals surface area (Å²) in [5.41, 5.74) is 13.4. The first-order valence-electron chi connectivity index (χ1n) is 8.03. The van der Waals surface area contributed by atoms with Gasteiger partial charge >= 0.3 is 0 Å². The van der Waals surface area contributed by atoms with Crippen LogP contribution in [0.25, 0.3) is 0 Å². The van der Waals surface area contributed by atoms with Crippen molar-refractivity contribution >= 4 is 5.91 Å². The number of carbonyl (C=O) groups excluding carboxylic acids is 1. The number of carbonyl (C=O) groups is 1. The van der Waals surface area contributed by atoms with Crippen LogP contribution in [0, 0.1) is 0 Å². The first-order valence-corrected chi connectivity index (χ1v) is 8.03. The Morgan fingerprint density at radius 2 is 1.82 bits per heavy atom. The fourth-order valence-electron chi connectivity index (χ4n) is 2.92. The van der Waals surface area contributed by atoms with Crippen molar-refractivity contribution in [1.29, 1.82) is 0 Å². The minimum Gasteiger partial charge on any atom is -0.497 e. The van der Waals surface area contributed by atoms with Crippen LogP contribution in [0.15, 0.2) is 24.3 Å². The first kappa shape index (κ1) is 16.8. The predicted molar refractivity (Wildman–Crippen MR) is 87.7 cm³/mol. The molecular formula is C17H27N3O2. The fraction of sp³-hybridized carbons (Fsp3) is 0.588. The summed E-state index contributed by atoms with van der Waals surface area (Å²) in [6.45, 7) is 1.67. The third-order valence-corrected chi connectivity index (χ3v) is 4.20. The first-order chi connectivity index (χ1) is 10.6. The molecule has 1 aliphatic rings. The summed E-state index contributed by atoms with van der Waals surface area (Å²) in [5, 5.41) is 0. The lowest BCUT2D eigenvalue weighted by molar-refractivity contribution is -0.133. The largest absolute Gasteiger partial charge is 0.497 e. The number of nitrogens with zero attached hydrogens (tertiary/aromatic N) is 1. The maximum atomic E-state index is 12.3. The zero-order valence-electron chi connectivity index (χ0n) is 13.3. The Hall–Kier alpha value is -1.59. The molecule has 0 bridgehead atoms. The maximum Gasteiger partial charge on any atom is 0.239 e. The van der Waals surface area contributed by atoms with Gasteiger partial charge in [0.05, 0.1) is 13.2 Å². The lowest BCUT2D eigenvalue weighted by Gasteiger charge is -2.29. The number of piperidine rings is 1. The molecule has 5 heteroatoms. The average molecular weight is 305 g/mol. The lowest BCUT2D eigenvalue weighted by Crippen LogP contribution is -2.48. The van der Waals surface area contributed by atoms with Crippen molar-refractivity contribution in [2.24, 2.45) is 11.5 Å². The molecule has 1 aromatic rings. The Morgan fingerprint density at radius 1 is 1.18 bits per heavy atom. The van der Waals surface area contributed by atoms with Crippen LogP contribution in [-0.4, -0.2) is 43.1 Å². The lowest BCUT2D eigenvalue weighted by atomic mass is 9.99. The van der Waals surface area contributed by atoms with E-state index in [1.807, 2.05) is 29.2 Å². The number of amides is 1. The Balaban J connectivity index is 1.81. The summed E-state index contributed by atoms with van der Waals surface area (Å²) in [7, 11) is 1.64. The van der Waals surface area contributed by atoms with Crippen molar-refractivity contribution in [2.75, 3.05) is 20.2 Å². The second-order valence-electron chi connectivity index (χ2n) is 6.04. The smallest absolute Gasteiger partial charge is 0.239 e. The molecule has 0 radical (unpaired) electrons. The molecule has 1 saturated heterocycles. The van der Waals surface area contributed by atoms with Crippen LogP contribution in [0.1, 0.15) is 31.2 Å². The van der Waals surface area contributed by atoms with E-state index < -0.39 is 6.04 Å². The molecule has 1 fully saturated rings. The van der Waals surface area contributed by atoms with Crippen LogP contribution in [0.2, 0.25) is 0 Å². The van der Waals surface area contributed by atoms with Crippen LogP contribution in [0.5, 0.6) is 5.75 Å². The van der Waals surface area contributed by atoms with Gasteiger partial charge in [0.25, 0.3) is 0 Å². The molecule has 4 N–H and O–H groups in total. The Labute approximate surface area is 132 Å². The van der Waals surface area contributed by atoms with Crippen molar-refractivity contribution in [2.45, 2.75) is 44.2 Å². The fourth-order valence-corrected chi connectivity index (χ4v) is 2.92. The molecule has 1 aromatic carbocycles. The van der Waals surface area contributed by atoms with Gasteiger partial charge in [0.1, 0.15) is 5.75 Å². The van der Waals surface area contributed by atoms with Gasteiger partial charge in [0.2, 0.25) is 5.91 Å². The van der Waals surface area contributed by atoms with Crippen molar-refractivity contribution in [3.63, 3.8) is 0 Å². The summed E-state index contributed by atoms with van der Waals surface area (Å²) in [5.74, 6) is 0.874. The van der Waals surface area contributed by atoms with E-state index in [1.54, 1.807) is 7.11 Å². The predicted octanol–water partition coefficient (Wildman–Crippen LogP) is 1.29. The summed E-state index contributed by atoms with van der Waals surface area (Å²) < 4.78 is 5.14. The standard InChI is InChI=1S/C17H27N3O2/c1-22-15-7-5-13(6-8-15)11-14(18)12-16(19)17(21)20-9-3-2-4-10-20/h5-8,14,16H,2-4,9-12,18-19H2,1H3/t14?,16-/m0/s1. The zero-order chi connectivity index (χ0) is 15.9. The summed E-state index contributed by atoms with van der Waals surface area (Å²) in [6, 6.07) is 7.22. The molecule has 0 aromatic heterocycles. The van der Waals surface area contributed by atoms with Gasteiger partial charge in [-0.05, 0) is 49.8 Å². The highest BCUT2D eigenvalue weighted by Gasteiger charge is 2.24. The number of hydrogen-bond donors (Lipinski definition) is 2. The van der Waals surface area contributed by atoms with Gasteiger partial charge in [0, 0.05) is 19.1 Å². The van der Waals surface area contributed by atoms with Crippen LogP contribution in [-0.2, 0) is 11.2 Å². The molecule has 1 heterocycles. The molecule has 2 atom stereocenters. The van der Waals surface area contributed by atoms with E-state index in [-0.39, 0.29) is 11.9 Å². The number of rotatable bonds is 6. The van der Waals surface area contributed by atoms with Gasteiger partial charge in [-0.3, -0.25) is 4.79 Å². The summed E-state index contributed by atoms with van der Waals surface area (Å²) in [4.78, 5) is 14.2. The number of likely N-dealkylation sites (tertiary alicyclic amines) is 1. The van der Waals surface area contributed by atoms with Gasteiger partial charge in [-0.25, -0.2) is 0 Å². The van der Waals surface area contributed by atoms with Crippen molar-refractivity contribution < 1.29 is 9.53 Å². The quantitative estimate of drug-likeness (QED) is 0.830. The molecule has 0 spiro atoms. The van der Waals surface area contributed by atoms with Gasteiger partial charge in [0.15, 0.2) is 0 Å². The Morgan fingerprint density at radius 3 is 2.41 bits per heavy atom. The van der Waals surface area contributed by atoms with Crippen molar-refractivity contribution in [3.05, 3.63) is 29.8 Å². The van der Waals surface area contributed by atoms with Gasteiger partial charge < -0.3 is 21.1 Å². The maximum absolute atomic E-state index is 12.3. The highest BCUT2D eigenvalue weighted by molar-refractivity contribution is 5.81. The van der Waals surface area contributed by atoms with Crippen molar-refractivity contribution in [1.82, 2.24) is 4.90 Å². The van der Waals surface area contributed by atoms with Gasteiger partial charge in [-0.15, -0.1) is 0 Å². The highest BCUT2D eigenvalue weighted by atomic mass is 16.5. The van der Waals surface area contributed by atoms with Gasteiger partial charge in [-0.2, -0.15) is 0 Å². The number of hydrogen-bond acceptors (Lipinski definition) is 4. The summed E-state index contributed by atoms with van der Waals surface area (Å²) in [6.07, 6.45) is 4.59. The molecule has 0 aliphatic carbocycles. The number of methoxy groups -OCH3 is 1. The molecule has 1 amide bonds. The van der Waals surface area contributed by atoms with Crippen LogP contribution < -0.4 is 16.2 Å². The normalized spacial score (nSPS) is 17.9. The second-order valence-corrected chi connectivity index (χ2v) is 6.04. The monoisotopic (exact) mass is 305 g/mol. The molecule has 1 unspecified atom stereocenters. The molecular weight excluding hydrogens is 278 g/mol. The molecule has 122 valence electrons. The highest BCUT2D eigenvalue weighted by Crippen LogP contribution is 2.14. The SMILES string of the molecule is COc1ccc(CC(N)C[C@H](N)C(=O)N2CCCCC2)cc1. The summed E-state index contributed by atoms with van der Waals surface area (Å²) >= 11 is 0. The molecule has 22 heavy (non-hydrogen) atoms. The van der Waals surface area contributed by atoms with Gasteiger partial charge in [-0.1, -0.05) is 12.1 Å². The van der Waals surface area contributed by atoms with Crippen LogP contribution in [0.3, 0.4) is 0 Å². The number of nitrogens with two attached hydrogens (primary N) is 2. The van der Waals surface area contributed by atoms with E-state index in [1.165, 1.54) is 6.42 Å². The third kappa shape index (κ3) is 4.71. The zero-order valence-corrected chi connectivity index (χ0v) is 13.3. The third-order valence-electron chi connectivity index (χ3n) is 4.20. The van der Waals surface area contributed by atoms with E-state index in [9.17, 15) is 4.79 Å². The number of ether oxygens (including phenoxy) is 1. The van der Waals surface area contributed by atoms with E-state index in [0.29, 0.717) is 12.8 Å². The van der Waals surface area contributed by atoms with Crippen LogP contribution >= 0.6 is 0 Å². The minimum atomic E-state index is -0.494. The Bertz CT molecular complexity index is 469. The average Bonchev–Trinajstić information content (AvgIpc) is 2.55. The topological polar surface area (TPSA) is 81.6 Å². The van der Waals surface area contributed by atoms with E-state index in [4.69, 9.17) is 16.2 Å². The molecule has 0 saturated carbocycles. The van der Waals surface area contributed by atoms with Crippen LogP contribution in [0.4, 0.5) is 0 Å². The Kier molecular flexibility index (Phi) is 6.21. The minimum absolute atomic E-state index is 0.0462. The molecule has 1 aliphatic heterocycles. The molecule has 2 rings (SSSR count). The second kappa shape index (κ2) is 8.15. The molecule has 5 nitrogen and oxygen atoms in total. The van der Waals surface area contributed by atoms with E-state index in [2.05, 4.69) is 0 Å². The van der Waals surface area contributed by atoms with E-state index >= 15 is 0 Å².